The fourth-order valence-corrected chi connectivity index (χ4v) is 1.41. The Labute approximate surface area is 105 Å². The average molecular weight is 254 g/mol. The van der Waals surface area contributed by atoms with E-state index in [4.69, 9.17) is 10.2 Å². The summed E-state index contributed by atoms with van der Waals surface area (Å²) in [6.07, 6.45) is 0. The van der Waals surface area contributed by atoms with Crippen molar-refractivity contribution in [2.45, 2.75) is 13.5 Å². The Hall–Kier alpha value is -1.50. The summed E-state index contributed by atoms with van der Waals surface area (Å²) in [4.78, 5) is 10.0. The molecule has 0 saturated carbocycles. The average Bonchev–Trinajstić information content (AvgIpc) is 2.39. The number of benzene rings is 1. The lowest BCUT2D eigenvalue weighted by atomic mass is 9.93. The van der Waals surface area contributed by atoms with E-state index in [1.165, 1.54) is 12.1 Å². The summed E-state index contributed by atoms with van der Waals surface area (Å²) in [5, 5.41) is 31.8. The van der Waals surface area contributed by atoms with Gasteiger partial charge < -0.3 is 15.5 Å². The number of aliphatic hydroxyl groups is 2. The normalized spacial score (nSPS) is 11.5. The van der Waals surface area contributed by atoms with Crippen molar-refractivity contribution in [1.82, 2.24) is 5.32 Å². The standard InChI is InChI=1S/C12H18N2O4/c1-12(8-15,9-16)7-13-6-10-2-4-11(5-3-10)14(17)18/h2-5,13,15-16H,6-9H2,1H3. The smallest absolute Gasteiger partial charge is 0.269 e. The number of hydrogen-bond acceptors (Lipinski definition) is 5. The second kappa shape index (κ2) is 6.44. The molecular weight excluding hydrogens is 236 g/mol. The van der Waals surface area contributed by atoms with Crippen LogP contribution in [-0.2, 0) is 6.54 Å². The van der Waals surface area contributed by atoms with Crippen molar-refractivity contribution in [2.75, 3.05) is 19.8 Å². The van der Waals surface area contributed by atoms with Crippen molar-refractivity contribution in [2.24, 2.45) is 5.41 Å². The zero-order valence-electron chi connectivity index (χ0n) is 10.3. The van der Waals surface area contributed by atoms with Crippen LogP contribution in [0.2, 0.25) is 0 Å². The molecule has 0 bridgehead atoms. The molecule has 0 aliphatic rings. The molecule has 0 aliphatic carbocycles. The second-order valence-electron chi connectivity index (χ2n) is 4.65. The van der Waals surface area contributed by atoms with Crippen LogP contribution in [0.4, 0.5) is 5.69 Å². The molecule has 0 heterocycles. The summed E-state index contributed by atoms with van der Waals surface area (Å²) in [7, 11) is 0. The van der Waals surface area contributed by atoms with E-state index in [2.05, 4.69) is 5.32 Å². The zero-order valence-corrected chi connectivity index (χ0v) is 10.3. The van der Waals surface area contributed by atoms with Gasteiger partial charge in [-0.25, -0.2) is 0 Å². The molecule has 6 heteroatoms. The van der Waals surface area contributed by atoms with Gasteiger partial charge in [0.1, 0.15) is 0 Å². The lowest BCUT2D eigenvalue weighted by molar-refractivity contribution is -0.384. The maximum Gasteiger partial charge on any atom is 0.269 e. The minimum atomic E-state index is -0.555. The number of non-ortho nitro benzene ring substituents is 1. The van der Waals surface area contributed by atoms with Gasteiger partial charge in [-0.2, -0.15) is 0 Å². The molecule has 0 radical (unpaired) electrons. The predicted octanol–water partition coefficient (Wildman–Crippen LogP) is 0.675. The lowest BCUT2D eigenvalue weighted by Gasteiger charge is -2.24. The molecule has 0 fully saturated rings. The van der Waals surface area contributed by atoms with Gasteiger partial charge in [0.05, 0.1) is 18.1 Å². The summed E-state index contributed by atoms with van der Waals surface area (Å²) < 4.78 is 0. The van der Waals surface area contributed by atoms with Crippen LogP contribution in [0.1, 0.15) is 12.5 Å². The Bertz CT molecular complexity index is 388. The number of nitro benzene ring substituents is 1. The second-order valence-corrected chi connectivity index (χ2v) is 4.65. The highest BCUT2D eigenvalue weighted by Crippen LogP contribution is 2.14. The van der Waals surface area contributed by atoms with Crippen LogP contribution < -0.4 is 5.32 Å². The first-order valence-electron chi connectivity index (χ1n) is 5.66. The Kier molecular flexibility index (Phi) is 5.21. The van der Waals surface area contributed by atoms with E-state index in [1.807, 2.05) is 0 Å². The Morgan fingerprint density at radius 2 is 1.83 bits per heavy atom. The van der Waals surface area contributed by atoms with E-state index in [9.17, 15) is 10.1 Å². The molecule has 0 atom stereocenters. The molecule has 0 saturated heterocycles. The van der Waals surface area contributed by atoms with Crippen LogP contribution >= 0.6 is 0 Å². The van der Waals surface area contributed by atoms with Crippen LogP contribution in [0.15, 0.2) is 24.3 Å². The van der Waals surface area contributed by atoms with Crippen LogP contribution in [0.25, 0.3) is 0 Å². The molecule has 0 unspecified atom stereocenters. The first-order chi connectivity index (χ1) is 8.50. The zero-order chi connectivity index (χ0) is 13.6. The summed E-state index contributed by atoms with van der Waals surface area (Å²) in [6, 6.07) is 6.27. The SMILES string of the molecule is CC(CO)(CO)CNCc1ccc([N+](=O)[O-])cc1. The van der Waals surface area contributed by atoms with Gasteiger partial charge in [0.25, 0.3) is 5.69 Å². The first kappa shape index (κ1) is 14.6. The fourth-order valence-electron chi connectivity index (χ4n) is 1.41. The highest BCUT2D eigenvalue weighted by Gasteiger charge is 2.21. The van der Waals surface area contributed by atoms with Gasteiger partial charge in [-0.3, -0.25) is 10.1 Å². The summed E-state index contributed by atoms with van der Waals surface area (Å²) in [6.45, 7) is 2.58. The molecule has 18 heavy (non-hydrogen) atoms. The first-order valence-corrected chi connectivity index (χ1v) is 5.66. The van der Waals surface area contributed by atoms with E-state index in [1.54, 1.807) is 19.1 Å². The number of aliphatic hydroxyl groups excluding tert-OH is 2. The molecule has 0 amide bonds. The Morgan fingerprint density at radius 3 is 2.28 bits per heavy atom. The third kappa shape index (κ3) is 4.06. The molecule has 1 aromatic carbocycles. The van der Waals surface area contributed by atoms with Crippen LogP contribution in [0, 0.1) is 15.5 Å². The van der Waals surface area contributed by atoms with Gasteiger partial charge in [-0.15, -0.1) is 0 Å². The molecule has 100 valence electrons. The van der Waals surface area contributed by atoms with E-state index < -0.39 is 10.3 Å². The van der Waals surface area contributed by atoms with E-state index in [0.29, 0.717) is 13.1 Å². The summed E-state index contributed by atoms with van der Waals surface area (Å²) >= 11 is 0. The Morgan fingerprint density at radius 1 is 1.28 bits per heavy atom. The number of nitrogens with one attached hydrogen (secondary N) is 1. The van der Waals surface area contributed by atoms with Crippen LogP contribution in [-0.4, -0.2) is 34.9 Å². The van der Waals surface area contributed by atoms with Crippen molar-refractivity contribution in [3.63, 3.8) is 0 Å². The molecule has 1 aromatic rings. The van der Waals surface area contributed by atoms with Crippen LogP contribution in [0.3, 0.4) is 0 Å². The third-order valence-electron chi connectivity index (χ3n) is 2.79. The predicted molar refractivity (Wildman–Crippen MR) is 67.1 cm³/mol. The van der Waals surface area contributed by atoms with Crippen molar-refractivity contribution in [3.05, 3.63) is 39.9 Å². The van der Waals surface area contributed by atoms with Crippen molar-refractivity contribution >= 4 is 5.69 Å². The topological polar surface area (TPSA) is 95.6 Å². The molecule has 0 spiro atoms. The fraction of sp³-hybridized carbons (Fsp3) is 0.500. The number of nitrogens with zero attached hydrogens (tertiary/aromatic N) is 1. The van der Waals surface area contributed by atoms with Gasteiger partial charge in [0, 0.05) is 30.6 Å². The van der Waals surface area contributed by atoms with E-state index in [0.717, 1.165) is 5.56 Å². The molecule has 6 nitrogen and oxygen atoms in total. The maximum atomic E-state index is 10.5. The molecule has 0 aromatic heterocycles. The lowest BCUT2D eigenvalue weighted by Crippen LogP contribution is -2.37. The maximum absolute atomic E-state index is 10.5. The molecule has 3 N–H and O–H groups in total. The summed E-state index contributed by atoms with van der Waals surface area (Å²) in [5.74, 6) is 0. The minimum Gasteiger partial charge on any atom is -0.396 e. The number of nitro groups is 1. The summed E-state index contributed by atoms with van der Waals surface area (Å²) in [5.41, 5.74) is 0.425. The highest BCUT2D eigenvalue weighted by atomic mass is 16.6. The minimum absolute atomic E-state index is 0.0642. The van der Waals surface area contributed by atoms with Gasteiger partial charge in [-0.05, 0) is 5.56 Å². The van der Waals surface area contributed by atoms with E-state index >= 15 is 0 Å². The quantitative estimate of drug-likeness (QED) is 0.491. The molecule has 0 aliphatic heterocycles. The Balaban J connectivity index is 2.47. The van der Waals surface area contributed by atoms with Gasteiger partial charge in [0.2, 0.25) is 0 Å². The molecule has 1 rings (SSSR count). The molecular formula is C12H18N2O4. The van der Waals surface area contributed by atoms with E-state index in [-0.39, 0.29) is 18.9 Å². The van der Waals surface area contributed by atoms with Crippen molar-refractivity contribution in [1.29, 1.82) is 0 Å². The van der Waals surface area contributed by atoms with Gasteiger partial charge >= 0.3 is 0 Å². The van der Waals surface area contributed by atoms with Crippen molar-refractivity contribution in [3.8, 4) is 0 Å². The van der Waals surface area contributed by atoms with Gasteiger partial charge in [-0.1, -0.05) is 19.1 Å². The number of hydrogen-bond donors (Lipinski definition) is 3. The van der Waals surface area contributed by atoms with Crippen molar-refractivity contribution < 1.29 is 15.1 Å². The van der Waals surface area contributed by atoms with Gasteiger partial charge in [0.15, 0.2) is 0 Å². The monoisotopic (exact) mass is 254 g/mol. The van der Waals surface area contributed by atoms with Crippen LogP contribution in [0.5, 0.6) is 0 Å². The number of rotatable bonds is 7. The third-order valence-corrected chi connectivity index (χ3v) is 2.79. The highest BCUT2D eigenvalue weighted by molar-refractivity contribution is 5.32. The largest absolute Gasteiger partial charge is 0.396 e.